The maximum atomic E-state index is 5.97. The smallest absolute Gasteiger partial charge is 0.157 e. The first kappa shape index (κ1) is 15.3. The molecule has 2 rings (SSSR count). The van der Waals surface area contributed by atoms with Crippen LogP contribution in [0, 0.1) is 5.92 Å². The summed E-state index contributed by atoms with van der Waals surface area (Å²) in [6.07, 6.45) is 3.48. The SMILES string of the molecule is CNc1c(Cl)ncnc1NCCCOCC1CCOC1. The van der Waals surface area contributed by atoms with Gasteiger partial charge in [0.2, 0.25) is 0 Å². The van der Waals surface area contributed by atoms with Crippen LogP contribution >= 0.6 is 11.6 Å². The molecule has 20 heavy (non-hydrogen) atoms. The van der Waals surface area contributed by atoms with E-state index < -0.39 is 0 Å². The van der Waals surface area contributed by atoms with Gasteiger partial charge in [0.05, 0.1) is 13.2 Å². The summed E-state index contributed by atoms with van der Waals surface area (Å²) in [6, 6.07) is 0. The van der Waals surface area contributed by atoms with E-state index >= 15 is 0 Å². The van der Waals surface area contributed by atoms with Crippen LogP contribution < -0.4 is 10.6 Å². The number of nitrogens with zero attached hydrogens (tertiary/aromatic N) is 2. The minimum atomic E-state index is 0.419. The highest BCUT2D eigenvalue weighted by molar-refractivity contribution is 6.32. The van der Waals surface area contributed by atoms with Crippen LogP contribution in [0.25, 0.3) is 0 Å². The topological polar surface area (TPSA) is 68.3 Å². The third-order valence-electron chi connectivity index (χ3n) is 3.19. The minimum Gasteiger partial charge on any atom is -0.383 e. The van der Waals surface area contributed by atoms with Crippen molar-refractivity contribution >= 4 is 23.1 Å². The van der Waals surface area contributed by atoms with Crippen LogP contribution in [0.3, 0.4) is 0 Å². The largest absolute Gasteiger partial charge is 0.383 e. The average molecular weight is 301 g/mol. The maximum Gasteiger partial charge on any atom is 0.157 e. The monoisotopic (exact) mass is 300 g/mol. The summed E-state index contributed by atoms with van der Waals surface area (Å²) in [7, 11) is 1.79. The number of hydrogen-bond donors (Lipinski definition) is 2. The maximum absolute atomic E-state index is 5.97. The Balaban J connectivity index is 1.62. The molecule has 1 fully saturated rings. The van der Waals surface area contributed by atoms with E-state index in [2.05, 4.69) is 20.6 Å². The number of rotatable bonds is 8. The third-order valence-corrected chi connectivity index (χ3v) is 3.47. The first-order valence-electron chi connectivity index (χ1n) is 6.89. The first-order valence-corrected chi connectivity index (χ1v) is 7.26. The van der Waals surface area contributed by atoms with E-state index in [9.17, 15) is 0 Å². The van der Waals surface area contributed by atoms with Gasteiger partial charge in [0.15, 0.2) is 11.0 Å². The quantitative estimate of drug-likeness (QED) is 0.565. The lowest BCUT2D eigenvalue weighted by Gasteiger charge is -2.12. The normalized spacial score (nSPS) is 18.2. The van der Waals surface area contributed by atoms with Gasteiger partial charge in [-0.15, -0.1) is 0 Å². The zero-order valence-corrected chi connectivity index (χ0v) is 12.4. The Bertz CT molecular complexity index is 413. The third kappa shape index (κ3) is 4.47. The van der Waals surface area contributed by atoms with Gasteiger partial charge in [-0.3, -0.25) is 0 Å². The summed E-state index contributed by atoms with van der Waals surface area (Å²) < 4.78 is 10.9. The van der Waals surface area contributed by atoms with E-state index in [1.54, 1.807) is 7.05 Å². The molecule has 1 atom stereocenters. The Labute approximate surface area is 124 Å². The van der Waals surface area contributed by atoms with Crippen LogP contribution in [0.2, 0.25) is 5.15 Å². The minimum absolute atomic E-state index is 0.419. The van der Waals surface area contributed by atoms with Crippen LogP contribution in [-0.4, -0.2) is 50.0 Å². The zero-order valence-electron chi connectivity index (χ0n) is 11.7. The van der Waals surface area contributed by atoms with Crippen molar-refractivity contribution < 1.29 is 9.47 Å². The Morgan fingerprint density at radius 1 is 1.50 bits per heavy atom. The molecular formula is C13H21ClN4O2. The Hall–Kier alpha value is -1.11. The second-order valence-corrected chi connectivity index (χ2v) is 5.08. The van der Waals surface area contributed by atoms with Gasteiger partial charge in [-0.2, -0.15) is 0 Å². The van der Waals surface area contributed by atoms with E-state index in [1.807, 2.05) is 0 Å². The first-order chi connectivity index (χ1) is 9.81. The van der Waals surface area contributed by atoms with Crippen molar-refractivity contribution in [2.45, 2.75) is 12.8 Å². The number of ether oxygens (including phenoxy) is 2. The van der Waals surface area contributed by atoms with E-state index in [4.69, 9.17) is 21.1 Å². The summed E-state index contributed by atoms with van der Waals surface area (Å²) in [5.74, 6) is 1.29. The van der Waals surface area contributed by atoms with Crippen LogP contribution in [0.1, 0.15) is 12.8 Å². The molecule has 6 nitrogen and oxygen atoms in total. The number of hydrogen-bond acceptors (Lipinski definition) is 6. The molecule has 1 aromatic heterocycles. The van der Waals surface area contributed by atoms with E-state index in [1.165, 1.54) is 6.33 Å². The van der Waals surface area contributed by atoms with Gasteiger partial charge in [-0.25, -0.2) is 9.97 Å². The predicted octanol–water partition coefficient (Wildman–Crippen LogP) is 2.03. The Morgan fingerprint density at radius 2 is 2.40 bits per heavy atom. The molecule has 1 aliphatic rings. The molecule has 2 heterocycles. The lowest BCUT2D eigenvalue weighted by Crippen LogP contribution is -2.13. The van der Waals surface area contributed by atoms with Gasteiger partial charge in [0, 0.05) is 32.7 Å². The van der Waals surface area contributed by atoms with Crippen molar-refractivity contribution in [2.24, 2.45) is 5.92 Å². The summed E-state index contributed by atoms with van der Waals surface area (Å²) in [4.78, 5) is 8.09. The van der Waals surface area contributed by atoms with Crippen LogP contribution in [0.5, 0.6) is 0 Å². The van der Waals surface area contributed by atoms with Gasteiger partial charge >= 0.3 is 0 Å². The highest BCUT2D eigenvalue weighted by Gasteiger charge is 2.15. The lowest BCUT2D eigenvalue weighted by molar-refractivity contribution is 0.0897. The molecule has 2 N–H and O–H groups in total. The Morgan fingerprint density at radius 3 is 3.15 bits per heavy atom. The fourth-order valence-electron chi connectivity index (χ4n) is 2.07. The summed E-state index contributed by atoms with van der Waals surface area (Å²) in [6.45, 7) is 4.02. The van der Waals surface area contributed by atoms with Crippen molar-refractivity contribution in [3.8, 4) is 0 Å². The number of anilines is 2. The van der Waals surface area contributed by atoms with Crippen molar-refractivity contribution in [3.63, 3.8) is 0 Å². The lowest BCUT2D eigenvalue weighted by atomic mass is 10.1. The standard InChI is InChI=1S/C13H21ClN4O2/c1-15-11-12(14)17-9-18-13(11)16-4-2-5-19-7-10-3-6-20-8-10/h9-10,15H,2-8H2,1H3,(H,16,17,18). The zero-order chi connectivity index (χ0) is 14.2. The van der Waals surface area contributed by atoms with E-state index in [0.29, 0.717) is 11.1 Å². The molecule has 1 aliphatic heterocycles. The second-order valence-electron chi connectivity index (χ2n) is 4.72. The van der Waals surface area contributed by atoms with E-state index in [0.717, 1.165) is 57.3 Å². The van der Waals surface area contributed by atoms with Crippen molar-refractivity contribution in [3.05, 3.63) is 11.5 Å². The number of aromatic nitrogens is 2. The van der Waals surface area contributed by atoms with Crippen LogP contribution in [0.15, 0.2) is 6.33 Å². The molecule has 112 valence electrons. The fourth-order valence-corrected chi connectivity index (χ4v) is 2.29. The number of halogens is 1. The van der Waals surface area contributed by atoms with Gasteiger partial charge < -0.3 is 20.1 Å². The molecule has 1 aromatic rings. The molecule has 0 aliphatic carbocycles. The highest BCUT2D eigenvalue weighted by atomic mass is 35.5. The number of nitrogens with one attached hydrogen (secondary N) is 2. The van der Waals surface area contributed by atoms with Gasteiger partial charge in [-0.1, -0.05) is 11.6 Å². The van der Waals surface area contributed by atoms with Gasteiger partial charge in [-0.05, 0) is 12.8 Å². The van der Waals surface area contributed by atoms with E-state index in [-0.39, 0.29) is 0 Å². The van der Waals surface area contributed by atoms with Crippen molar-refractivity contribution in [1.82, 2.24) is 9.97 Å². The Kier molecular flexibility index (Phi) is 6.29. The summed E-state index contributed by atoms with van der Waals surface area (Å²) >= 11 is 5.97. The molecule has 1 saturated heterocycles. The molecular weight excluding hydrogens is 280 g/mol. The molecule has 0 radical (unpaired) electrons. The van der Waals surface area contributed by atoms with Gasteiger partial charge in [0.25, 0.3) is 0 Å². The summed E-state index contributed by atoms with van der Waals surface area (Å²) in [5.41, 5.74) is 0.721. The summed E-state index contributed by atoms with van der Waals surface area (Å²) in [5, 5.41) is 6.64. The molecule has 0 bridgehead atoms. The molecule has 1 unspecified atom stereocenters. The predicted molar refractivity (Wildman–Crippen MR) is 79.4 cm³/mol. The highest BCUT2D eigenvalue weighted by Crippen LogP contribution is 2.25. The van der Waals surface area contributed by atoms with Crippen molar-refractivity contribution in [1.29, 1.82) is 0 Å². The molecule has 0 saturated carbocycles. The average Bonchev–Trinajstić information content (AvgIpc) is 2.96. The molecule has 0 amide bonds. The van der Waals surface area contributed by atoms with Gasteiger partial charge in [0.1, 0.15) is 12.0 Å². The fraction of sp³-hybridized carbons (Fsp3) is 0.692. The van der Waals surface area contributed by atoms with Crippen LogP contribution in [0.4, 0.5) is 11.5 Å². The van der Waals surface area contributed by atoms with Crippen molar-refractivity contribution in [2.75, 3.05) is 50.7 Å². The molecule has 0 aromatic carbocycles. The molecule has 7 heteroatoms. The second kappa shape index (κ2) is 8.24. The molecule has 0 spiro atoms. The van der Waals surface area contributed by atoms with Crippen LogP contribution in [-0.2, 0) is 9.47 Å².